The first-order valence-electron chi connectivity index (χ1n) is 10.6. The highest BCUT2D eigenvalue weighted by Gasteiger charge is 2.24. The zero-order chi connectivity index (χ0) is 22.7. The summed E-state index contributed by atoms with van der Waals surface area (Å²) >= 11 is 6.05. The van der Waals surface area contributed by atoms with Gasteiger partial charge in [0.05, 0.1) is 17.7 Å². The number of fused-ring (bicyclic) bond motifs is 1. The number of benzene rings is 1. The molecule has 32 heavy (non-hydrogen) atoms. The number of hydrogen-bond donors (Lipinski definition) is 0. The zero-order valence-electron chi connectivity index (χ0n) is 17.7. The highest BCUT2D eigenvalue weighted by Crippen LogP contribution is 2.24. The van der Waals surface area contributed by atoms with Crippen LogP contribution in [0.3, 0.4) is 0 Å². The van der Waals surface area contributed by atoms with Crippen molar-refractivity contribution in [2.45, 2.75) is 58.7 Å². The molecule has 0 amide bonds. The number of aliphatic imine (C=N–C) groups is 1. The SMILES string of the molecule is CCCCn1c2c(c(=O)n(CCCCn3nnc(-c4ccccc4F)n3)c1=O)CC(Cl)=N2. The molecule has 0 saturated heterocycles. The van der Waals surface area contributed by atoms with Gasteiger partial charge in [-0.2, -0.15) is 4.80 Å². The summed E-state index contributed by atoms with van der Waals surface area (Å²) in [6.07, 6.45) is 3.15. The van der Waals surface area contributed by atoms with Gasteiger partial charge in [-0.3, -0.25) is 13.9 Å². The number of rotatable bonds is 9. The van der Waals surface area contributed by atoms with Crippen LogP contribution < -0.4 is 11.2 Å². The molecule has 0 radical (unpaired) electrons. The van der Waals surface area contributed by atoms with Crippen LogP contribution in [0.2, 0.25) is 0 Å². The molecule has 168 valence electrons. The van der Waals surface area contributed by atoms with Crippen LogP contribution in [0.5, 0.6) is 0 Å². The molecular formula is C21H23ClFN7O2. The first kappa shape index (κ1) is 22.1. The molecule has 3 heterocycles. The summed E-state index contributed by atoms with van der Waals surface area (Å²) < 4.78 is 16.7. The summed E-state index contributed by atoms with van der Waals surface area (Å²) in [7, 11) is 0. The third kappa shape index (κ3) is 4.40. The number of hydrogen-bond acceptors (Lipinski definition) is 6. The summed E-state index contributed by atoms with van der Waals surface area (Å²) in [5, 5.41) is 12.4. The van der Waals surface area contributed by atoms with Crippen molar-refractivity contribution in [3.05, 3.63) is 56.5 Å². The number of aromatic nitrogens is 6. The van der Waals surface area contributed by atoms with Gasteiger partial charge >= 0.3 is 5.69 Å². The van der Waals surface area contributed by atoms with E-state index in [1.165, 1.54) is 15.4 Å². The van der Waals surface area contributed by atoms with Crippen molar-refractivity contribution in [2.75, 3.05) is 0 Å². The minimum atomic E-state index is -0.411. The maximum absolute atomic E-state index is 13.9. The molecule has 3 aromatic rings. The first-order valence-corrected chi connectivity index (χ1v) is 11.0. The van der Waals surface area contributed by atoms with Crippen LogP contribution in [-0.2, 0) is 26.1 Å². The summed E-state index contributed by atoms with van der Waals surface area (Å²) in [5.41, 5.74) is 0.0611. The standard InChI is InChI=1S/C21H23ClFN7O2/c1-2-3-10-28-19-15(13-17(22)24-19)20(31)29(21(28)32)11-6-7-12-30-26-18(25-27-30)14-8-4-5-9-16(14)23/h4-5,8-9H,2-3,6-7,10-13H2,1H3. The number of tetrazole rings is 1. The second-order valence-electron chi connectivity index (χ2n) is 7.61. The van der Waals surface area contributed by atoms with E-state index < -0.39 is 5.82 Å². The molecule has 0 fully saturated rings. The third-order valence-corrected chi connectivity index (χ3v) is 5.55. The molecule has 1 aliphatic heterocycles. The summed E-state index contributed by atoms with van der Waals surface area (Å²) in [6, 6.07) is 6.24. The van der Waals surface area contributed by atoms with Crippen molar-refractivity contribution in [2.24, 2.45) is 4.99 Å². The number of nitrogens with zero attached hydrogens (tertiary/aromatic N) is 7. The summed E-state index contributed by atoms with van der Waals surface area (Å²) in [4.78, 5) is 31.4. The fraction of sp³-hybridized carbons (Fsp3) is 0.429. The van der Waals surface area contributed by atoms with Crippen LogP contribution in [0.15, 0.2) is 38.8 Å². The van der Waals surface area contributed by atoms with E-state index in [1.54, 1.807) is 22.8 Å². The Kier molecular flexibility index (Phi) is 6.59. The van der Waals surface area contributed by atoms with Gasteiger partial charge in [0.25, 0.3) is 5.56 Å². The lowest BCUT2D eigenvalue weighted by molar-refractivity contribution is 0.454. The first-order chi connectivity index (χ1) is 15.5. The molecule has 0 unspecified atom stereocenters. The van der Waals surface area contributed by atoms with Crippen LogP contribution >= 0.6 is 11.6 Å². The number of aryl methyl sites for hydroxylation is 1. The zero-order valence-corrected chi connectivity index (χ0v) is 18.4. The van der Waals surface area contributed by atoms with Gasteiger partial charge in [0.15, 0.2) is 0 Å². The van der Waals surface area contributed by atoms with Crippen molar-refractivity contribution < 1.29 is 4.39 Å². The van der Waals surface area contributed by atoms with Crippen molar-refractivity contribution >= 4 is 22.6 Å². The van der Waals surface area contributed by atoms with Crippen LogP contribution in [-0.4, -0.2) is 34.5 Å². The van der Waals surface area contributed by atoms with E-state index >= 15 is 0 Å². The van der Waals surface area contributed by atoms with Crippen molar-refractivity contribution in [3.8, 4) is 11.4 Å². The lowest BCUT2D eigenvalue weighted by atomic mass is 10.2. The van der Waals surface area contributed by atoms with E-state index in [0.29, 0.717) is 42.5 Å². The molecule has 0 atom stereocenters. The van der Waals surface area contributed by atoms with E-state index in [-0.39, 0.29) is 35.6 Å². The molecule has 1 aromatic carbocycles. The van der Waals surface area contributed by atoms with Crippen LogP contribution in [0, 0.1) is 5.82 Å². The molecule has 4 rings (SSSR count). The van der Waals surface area contributed by atoms with Crippen LogP contribution in [0.1, 0.15) is 38.2 Å². The molecular weight excluding hydrogens is 437 g/mol. The molecule has 0 aliphatic carbocycles. The van der Waals surface area contributed by atoms with Gasteiger partial charge in [-0.15, -0.1) is 10.2 Å². The van der Waals surface area contributed by atoms with Gasteiger partial charge < -0.3 is 0 Å². The van der Waals surface area contributed by atoms with Crippen molar-refractivity contribution in [1.82, 2.24) is 29.3 Å². The smallest absolute Gasteiger partial charge is 0.278 e. The molecule has 9 nitrogen and oxygen atoms in total. The Balaban J connectivity index is 1.44. The molecule has 0 spiro atoms. The third-order valence-electron chi connectivity index (χ3n) is 5.33. The van der Waals surface area contributed by atoms with E-state index in [1.807, 2.05) is 6.92 Å². The fourth-order valence-electron chi connectivity index (χ4n) is 3.65. The Bertz CT molecular complexity index is 1280. The van der Waals surface area contributed by atoms with Gasteiger partial charge in [0, 0.05) is 19.5 Å². The molecule has 2 aromatic heterocycles. The monoisotopic (exact) mass is 459 g/mol. The Hall–Kier alpha value is -3.14. The largest absolute Gasteiger partial charge is 0.332 e. The normalized spacial score (nSPS) is 12.8. The summed E-state index contributed by atoms with van der Waals surface area (Å²) in [6.45, 7) is 3.23. The quantitative estimate of drug-likeness (QED) is 0.458. The van der Waals surface area contributed by atoms with E-state index in [4.69, 9.17) is 11.6 Å². The average molecular weight is 460 g/mol. The fourth-order valence-corrected chi connectivity index (χ4v) is 3.87. The summed E-state index contributed by atoms with van der Waals surface area (Å²) in [5.74, 6) is 0.197. The van der Waals surface area contributed by atoms with E-state index in [0.717, 1.165) is 12.8 Å². The van der Waals surface area contributed by atoms with Crippen molar-refractivity contribution in [3.63, 3.8) is 0 Å². The molecule has 0 N–H and O–H groups in total. The Morgan fingerprint density at radius 2 is 1.81 bits per heavy atom. The van der Waals surface area contributed by atoms with Crippen molar-refractivity contribution in [1.29, 1.82) is 0 Å². The Morgan fingerprint density at radius 3 is 2.59 bits per heavy atom. The second-order valence-corrected chi connectivity index (χ2v) is 8.04. The van der Waals surface area contributed by atoms with Gasteiger partial charge in [-0.1, -0.05) is 37.1 Å². The lowest BCUT2D eigenvalue weighted by Crippen LogP contribution is -2.41. The van der Waals surface area contributed by atoms with Gasteiger partial charge in [-0.25, -0.2) is 14.2 Å². The maximum Gasteiger partial charge on any atom is 0.332 e. The highest BCUT2D eigenvalue weighted by molar-refractivity contribution is 6.66. The topological polar surface area (TPSA) is 100.0 Å². The number of halogens is 2. The highest BCUT2D eigenvalue weighted by atomic mass is 35.5. The second kappa shape index (κ2) is 9.56. The Morgan fingerprint density at radius 1 is 1.06 bits per heavy atom. The van der Waals surface area contributed by atoms with Gasteiger partial charge in [0.2, 0.25) is 5.82 Å². The predicted molar refractivity (Wildman–Crippen MR) is 119 cm³/mol. The van der Waals surface area contributed by atoms with E-state index in [2.05, 4.69) is 20.4 Å². The molecule has 0 saturated carbocycles. The molecule has 11 heteroatoms. The van der Waals surface area contributed by atoms with E-state index in [9.17, 15) is 14.0 Å². The van der Waals surface area contributed by atoms with Gasteiger partial charge in [-0.05, 0) is 36.6 Å². The van der Waals surface area contributed by atoms with Crippen LogP contribution in [0.25, 0.3) is 11.4 Å². The lowest BCUT2D eigenvalue weighted by Gasteiger charge is -2.13. The predicted octanol–water partition coefficient (Wildman–Crippen LogP) is 2.91. The minimum Gasteiger partial charge on any atom is -0.278 e. The van der Waals surface area contributed by atoms with Gasteiger partial charge in [0.1, 0.15) is 16.8 Å². The maximum atomic E-state index is 13.9. The average Bonchev–Trinajstić information content (AvgIpc) is 3.40. The molecule has 0 bridgehead atoms. The minimum absolute atomic E-state index is 0.216. The Labute approximate surface area is 188 Å². The number of unbranched alkanes of at least 4 members (excludes halogenated alkanes) is 2. The molecule has 1 aliphatic rings. The van der Waals surface area contributed by atoms with Crippen LogP contribution in [0.4, 0.5) is 10.2 Å².